The summed E-state index contributed by atoms with van der Waals surface area (Å²) in [6.07, 6.45) is 0. The largest absolute Gasteiger partial charge is 0.361 e. The number of hydrogen-bond donors (Lipinski definition) is 1. The molecule has 1 atom stereocenters. The third kappa shape index (κ3) is 2.39. The maximum absolute atomic E-state index is 11.0. The van der Waals surface area contributed by atoms with Crippen LogP contribution in [0.1, 0.15) is 12.5 Å². The number of nitro benzene ring substituents is 1. The fourth-order valence-corrected chi connectivity index (χ4v) is 2.22. The van der Waals surface area contributed by atoms with E-state index in [4.69, 9.17) is 0 Å². The third-order valence-corrected chi connectivity index (χ3v) is 3.14. The van der Waals surface area contributed by atoms with Gasteiger partial charge in [0, 0.05) is 31.7 Å². The molecule has 17 heavy (non-hydrogen) atoms. The minimum Gasteiger partial charge on any atom is -0.361 e. The minimum atomic E-state index is -0.302. The summed E-state index contributed by atoms with van der Waals surface area (Å²) in [6, 6.07) is 5.57. The molecule has 0 aliphatic carbocycles. The van der Waals surface area contributed by atoms with Crippen LogP contribution in [0.25, 0.3) is 0 Å². The van der Waals surface area contributed by atoms with Crippen molar-refractivity contribution >= 4 is 11.4 Å². The molecule has 92 valence electrons. The smallest absolute Gasteiger partial charge is 0.292 e. The van der Waals surface area contributed by atoms with Gasteiger partial charge in [-0.2, -0.15) is 0 Å². The number of rotatable bonds is 2. The van der Waals surface area contributed by atoms with Gasteiger partial charge < -0.3 is 10.2 Å². The summed E-state index contributed by atoms with van der Waals surface area (Å²) in [4.78, 5) is 12.9. The lowest BCUT2D eigenvalue weighted by atomic mass is 10.1. The van der Waals surface area contributed by atoms with Gasteiger partial charge in [-0.25, -0.2) is 0 Å². The van der Waals surface area contributed by atoms with Crippen molar-refractivity contribution in [1.29, 1.82) is 0 Å². The molecule has 2 rings (SSSR count). The Kier molecular flexibility index (Phi) is 3.28. The Labute approximate surface area is 101 Å². The van der Waals surface area contributed by atoms with E-state index in [0.29, 0.717) is 0 Å². The predicted molar refractivity (Wildman–Crippen MR) is 67.5 cm³/mol. The van der Waals surface area contributed by atoms with E-state index in [2.05, 4.69) is 17.1 Å². The molecule has 1 saturated heterocycles. The van der Waals surface area contributed by atoms with E-state index >= 15 is 0 Å². The zero-order valence-electron chi connectivity index (χ0n) is 10.1. The zero-order valence-corrected chi connectivity index (χ0v) is 10.1. The maximum atomic E-state index is 11.0. The van der Waals surface area contributed by atoms with Crippen molar-refractivity contribution in [1.82, 2.24) is 5.32 Å². The molecular formula is C12H17N3O2. The van der Waals surface area contributed by atoms with E-state index in [1.807, 2.05) is 13.0 Å². The van der Waals surface area contributed by atoms with Crippen LogP contribution in [-0.4, -0.2) is 30.6 Å². The van der Waals surface area contributed by atoms with Crippen LogP contribution in [0, 0.1) is 17.0 Å². The van der Waals surface area contributed by atoms with Crippen LogP contribution in [0.15, 0.2) is 18.2 Å². The Bertz CT molecular complexity index is 434. The van der Waals surface area contributed by atoms with Crippen LogP contribution in [0.5, 0.6) is 0 Å². The Morgan fingerprint density at radius 3 is 2.94 bits per heavy atom. The van der Waals surface area contributed by atoms with Gasteiger partial charge in [-0.05, 0) is 25.5 Å². The third-order valence-electron chi connectivity index (χ3n) is 3.14. The first-order valence-electron chi connectivity index (χ1n) is 5.82. The van der Waals surface area contributed by atoms with E-state index in [1.54, 1.807) is 12.1 Å². The topological polar surface area (TPSA) is 58.4 Å². The molecule has 1 aromatic rings. The first-order valence-corrected chi connectivity index (χ1v) is 5.82. The van der Waals surface area contributed by atoms with E-state index < -0.39 is 0 Å². The fraction of sp³-hybridized carbons (Fsp3) is 0.500. The van der Waals surface area contributed by atoms with Crippen molar-refractivity contribution in [2.75, 3.05) is 24.5 Å². The highest BCUT2D eigenvalue weighted by Gasteiger charge is 2.25. The molecule has 0 aromatic heterocycles. The van der Waals surface area contributed by atoms with Gasteiger partial charge in [-0.1, -0.05) is 6.07 Å². The summed E-state index contributed by atoms with van der Waals surface area (Å²) >= 11 is 0. The summed E-state index contributed by atoms with van der Waals surface area (Å²) < 4.78 is 0. The second-order valence-corrected chi connectivity index (χ2v) is 4.50. The van der Waals surface area contributed by atoms with Crippen LogP contribution >= 0.6 is 0 Å². The van der Waals surface area contributed by atoms with Gasteiger partial charge in [0.25, 0.3) is 5.69 Å². The lowest BCUT2D eigenvalue weighted by Crippen LogP contribution is -2.50. The Hall–Kier alpha value is -1.62. The summed E-state index contributed by atoms with van der Waals surface area (Å²) in [6.45, 7) is 6.59. The lowest BCUT2D eigenvalue weighted by molar-refractivity contribution is -0.384. The van der Waals surface area contributed by atoms with Gasteiger partial charge in [-0.15, -0.1) is 0 Å². The number of piperazine rings is 1. The summed E-state index contributed by atoms with van der Waals surface area (Å²) in [5.41, 5.74) is 1.99. The highest BCUT2D eigenvalue weighted by molar-refractivity contribution is 5.65. The summed E-state index contributed by atoms with van der Waals surface area (Å²) in [5.74, 6) is 0. The van der Waals surface area contributed by atoms with Gasteiger partial charge in [0.15, 0.2) is 0 Å². The van der Waals surface area contributed by atoms with Crippen molar-refractivity contribution < 1.29 is 4.92 Å². The highest BCUT2D eigenvalue weighted by atomic mass is 16.6. The second kappa shape index (κ2) is 4.71. The maximum Gasteiger partial charge on any atom is 0.292 e. The van der Waals surface area contributed by atoms with Crippen molar-refractivity contribution in [3.63, 3.8) is 0 Å². The minimum absolute atomic E-state index is 0.198. The van der Waals surface area contributed by atoms with Gasteiger partial charge in [0.05, 0.1) is 4.92 Å². The molecular weight excluding hydrogens is 218 g/mol. The standard InChI is InChI=1S/C12H17N3O2/c1-9-3-4-11(15(16)17)12(7-9)14-6-5-13-8-10(14)2/h3-4,7,10,13H,5-6,8H2,1-2H3. The zero-order chi connectivity index (χ0) is 12.4. The molecule has 0 bridgehead atoms. The Morgan fingerprint density at radius 2 is 2.29 bits per heavy atom. The number of anilines is 1. The molecule has 0 amide bonds. The van der Waals surface area contributed by atoms with Crippen LogP contribution in [-0.2, 0) is 0 Å². The van der Waals surface area contributed by atoms with Crippen LogP contribution < -0.4 is 10.2 Å². The Balaban J connectivity index is 2.41. The molecule has 1 heterocycles. The number of nitrogens with zero attached hydrogens (tertiary/aromatic N) is 2. The molecule has 1 aromatic carbocycles. The average Bonchev–Trinajstić information content (AvgIpc) is 2.29. The van der Waals surface area contributed by atoms with Crippen LogP contribution in [0.4, 0.5) is 11.4 Å². The van der Waals surface area contributed by atoms with E-state index in [-0.39, 0.29) is 16.7 Å². The van der Waals surface area contributed by atoms with Crippen molar-refractivity contribution in [2.24, 2.45) is 0 Å². The monoisotopic (exact) mass is 235 g/mol. The number of nitro groups is 1. The van der Waals surface area contributed by atoms with Gasteiger partial charge >= 0.3 is 0 Å². The molecule has 0 saturated carbocycles. The summed E-state index contributed by atoms with van der Waals surface area (Å²) in [5, 5.41) is 14.3. The van der Waals surface area contributed by atoms with E-state index in [0.717, 1.165) is 30.9 Å². The van der Waals surface area contributed by atoms with Crippen molar-refractivity contribution in [2.45, 2.75) is 19.9 Å². The highest BCUT2D eigenvalue weighted by Crippen LogP contribution is 2.30. The normalized spacial score (nSPS) is 20.4. The SMILES string of the molecule is Cc1ccc([N+](=O)[O-])c(N2CCNCC2C)c1. The Morgan fingerprint density at radius 1 is 1.53 bits per heavy atom. The van der Waals surface area contributed by atoms with Crippen molar-refractivity contribution in [3.05, 3.63) is 33.9 Å². The van der Waals surface area contributed by atoms with Gasteiger partial charge in [0.2, 0.25) is 0 Å². The van der Waals surface area contributed by atoms with Crippen molar-refractivity contribution in [3.8, 4) is 0 Å². The van der Waals surface area contributed by atoms with Crippen LogP contribution in [0.3, 0.4) is 0 Å². The molecule has 1 aliphatic heterocycles. The second-order valence-electron chi connectivity index (χ2n) is 4.50. The van der Waals surface area contributed by atoms with E-state index in [1.165, 1.54) is 0 Å². The lowest BCUT2D eigenvalue weighted by Gasteiger charge is -2.35. The summed E-state index contributed by atoms with van der Waals surface area (Å²) in [7, 11) is 0. The molecule has 1 N–H and O–H groups in total. The molecule has 5 nitrogen and oxygen atoms in total. The molecule has 5 heteroatoms. The molecule has 1 unspecified atom stereocenters. The molecule has 1 fully saturated rings. The first kappa shape index (κ1) is 11.9. The number of nitrogens with one attached hydrogen (secondary N) is 1. The van der Waals surface area contributed by atoms with Gasteiger partial charge in [0.1, 0.15) is 5.69 Å². The quantitative estimate of drug-likeness (QED) is 0.626. The van der Waals surface area contributed by atoms with Gasteiger partial charge in [-0.3, -0.25) is 10.1 Å². The first-order chi connectivity index (χ1) is 8.09. The number of benzene rings is 1. The number of aryl methyl sites for hydroxylation is 1. The molecule has 0 radical (unpaired) electrons. The molecule has 1 aliphatic rings. The van der Waals surface area contributed by atoms with E-state index in [9.17, 15) is 10.1 Å². The van der Waals surface area contributed by atoms with Crippen LogP contribution in [0.2, 0.25) is 0 Å². The molecule has 0 spiro atoms. The average molecular weight is 235 g/mol. The number of hydrogen-bond acceptors (Lipinski definition) is 4. The fourth-order valence-electron chi connectivity index (χ4n) is 2.22. The predicted octanol–water partition coefficient (Wildman–Crippen LogP) is 1.70.